The van der Waals surface area contributed by atoms with Crippen LogP contribution in [0.1, 0.15) is 36.9 Å². The van der Waals surface area contributed by atoms with Gasteiger partial charge in [0.05, 0.1) is 12.6 Å². The van der Waals surface area contributed by atoms with Gasteiger partial charge in [-0.2, -0.15) is 0 Å². The van der Waals surface area contributed by atoms with Gasteiger partial charge < -0.3 is 16.4 Å². The van der Waals surface area contributed by atoms with Crippen LogP contribution in [0.25, 0.3) is 0 Å². The van der Waals surface area contributed by atoms with Crippen LogP contribution in [0.5, 0.6) is 0 Å². The quantitative estimate of drug-likeness (QED) is 0.719. The minimum atomic E-state index is -0.103. The summed E-state index contributed by atoms with van der Waals surface area (Å²) in [7, 11) is 0. The van der Waals surface area contributed by atoms with Crippen molar-refractivity contribution in [1.82, 2.24) is 10.6 Å². The highest BCUT2D eigenvalue weighted by Gasteiger charge is 2.23. The predicted molar refractivity (Wildman–Crippen MR) is 75.5 cm³/mol. The third kappa shape index (κ3) is 4.31. The Morgan fingerprint density at radius 3 is 3.00 bits per heavy atom. The van der Waals surface area contributed by atoms with E-state index in [1.165, 1.54) is 0 Å². The predicted octanol–water partition coefficient (Wildman–Crippen LogP) is 1.52. The number of carbonyl (C=O) groups is 1. The van der Waals surface area contributed by atoms with Gasteiger partial charge in [-0.15, -0.1) is 0 Å². The summed E-state index contributed by atoms with van der Waals surface area (Å²) in [6.45, 7) is 2.31. The highest BCUT2D eigenvalue weighted by Crippen LogP contribution is 2.19. The molecule has 0 saturated heterocycles. The van der Waals surface area contributed by atoms with Crippen LogP contribution in [0.4, 0.5) is 4.79 Å². The number of hydrogen-bond acceptors (Lipinski definition) is 2. The van der Waals surface area contributed by atoms with Gasteiger partial charge in [0.15, 0.2) is 0 Å². The zero-order valence-corrected chi connectivity index (χ0v) is 11.1. The van der Waals surface area contributed by atoms with Crippen molar-refractivity contribution in [2.75, 3.05) is 6.54 Å². The Labute approximate surface area is 113 Å². The monoisotopic (exact) mass is 257 g/mol. The van der Waals surface area contributed by atoms with Crippen molar-refractivity contribution in [3.8, 4) is 11.8 Å². The van der Waals surface area contributed by atoms with Crippen LogP contribution in [0.3, 0.4) is 0 Å². The van der Waals surface area contributed by atoms with Crippen molar-refractivity contribution in [2.45, 2.75) is 31.8 Å². The Hall–Kier alpha value is -1.99. The van der Waals surface area contributed by atoms with Gasteiger partial charge in [-0.05, 0) is 37.5 Å². The molecule has 4 heteroatoms. The van der Waals surface area contributed by atoms with Gasteiger partial charge in [0.2, 0.25) is 0 Å². The molecule has 1 aliphatic rings. The van der Waals surface area contributed by atoms with Gasteiger partial charge in [-0.1, -0.05) is 24.0 Å². The molecule has 0 aromatic heterocycles. The number of hydrogen-bond donors (Lipinski definition) is 3. The lowest BCUT2D eigenvalue weighted by atomic mass is 10.1. The first-order valence-corrected chi connectivity index (χ1v) is 6.55. The summed E-state index contributed by atoms with van der Waals surface area (Å²) in [6.07, 6.45) is 2.18. The van der Waals surface area contributed by atoms with Gasteiger partial charge in [0, 0.05) is 11.6 Å². The average molecular weight is 257 g/mol. The summed E-state index contributed by atoms with van der Waals surface area (Å²) < 4.78 is 0. The fraction of sp³-hybridized carbons (Fsp3) is 0.400. The molecule has 0 aliphatic heterocycles. The number of carbonyl (C=O) groups excluding carboxylic acids is 1. The number of benzene rings is 1. The van der Waals surface area contributed by atoms with Gasteiger partial charge in [-0.3, -0.25) is 0 Å². The van der Waals surface area contributed by atoms with E-state index in [0.717, 1.165) is 24.0 Å². The van der Waals surface area contributed by atoms with Crippen LogP contribution in [-0.2, 0) is 0 Å². The lowest BCUT2D eigenvalue weighted by Gasteiger charge is -2.15. The summed E-state index contributed by atoms with van der Waals surface area (Å²) in [5, 5.41) is 5.84. The third-order valence-corrected chi connectivity index (χ3v) is 2.98. The topological polar surface area (TPSA) is 67.2 Å². The molecule has 0 radical (unpaired) electrons. The molecule has 2 rings (SSSR count). The van der Waals surface area contributed by atoms with E-state index in [-0.39, 0.29) is 12.1 Å². The molecule has 1 saturated carbocycles. The van der Waals surface area contributed by atoms with Gasteiger partial charge in [0.1, 0.15) is 0 Å². The molecule has 1 fully saturated rings. The zero-order valence-electron chi connectivity index (χ0n) is 11.1. The molecule has 1 aromatic rings. The Morgan fingerprint density at radius 2 is 2.32 bits per heavy atom. The second-order valence-corrected chi connectivity index (χ2v) is 4.75. The third-order valence-electron chi connectivity index (χ3n) is 2.98. The number of amides is 2. The van der Waals surface area contributed by atoms with Crippen LogP contribution >= 0.6 is 0 Å². The van der Waals surface area contributed by atoms with Crippen molar-refractivity contribution in [3.05, 3.63) is 35.4 Å². The number of nitrogens with two attached hydrogens (primary N) is 1. The molecule has 4 N–H and O–H groups in total. The molecule has 0 spiro atoms. The summed E-state index contributed by atoms with van der Waals surface area (Å²) >= 11 is 0. The highest BCUT2D eigenvalue weighted by atomic mass is 16.2. The molecule has 1 aliphatic carbocycles. The maximum Gasteiger partial charge on any atom is 0.315 e. The molecule has 1 atom stereocenters. The van der Waals surface area contributed by atoms with Crippen molar-refractivity contribution >= 4 is 6.03 Å². The van der Waals surface area contributed by atoms with Crippen molar-refractivity contribution in [3.63, 3.8) is 0 Å². The molecule has 0 heterocycles. The molecule has 1 unspecified atom stereocenters. The number of rotatable bonds is 3. The number of nitrogens with one attached hydrogen (secondary N) is 2. The van der Waals surface area contributed by atoms with E-state index in [9.17, 15) is 4.79 Å². The van der Waals surface area contributed by atoms with E-state index in [0.29, 0.717) is 12.6 Å². The van der Waals surface area contributed by atoms with E-state index in [1.807, 2.05) is 31.2 Å². The Balaban J connectivity index is 1.97. The van der Waals surface area contributed by atoms with Crippen LogP contribution in [0.15, 0.2) is 24.3 Å². The standard InChI is InChI=1S/C15H19N3O/c1-11(17-15(19)18-14-7-8-14)13-6-2-4-12(10-13)5-3-9-16/h2,4,6,10-11,14H,7-9,16H2,1H3,(H2,17,18,19). The first-order chi connectivity index (χ1) is 9.19. The molecule has 4 nitrogen and oxygen atoms in total. The normalized spacial score (nSPS) is 15.1. The number of urea groups is 1. The van der Waals surface area contributed by atoms with Crippen LogP contribution in [0.2, 0.25) is 0 Å². The lowest BCUT2D eigenvalue weighted by Crippen LogP contribution is -2.38. The van der Waals surface area contributed by atoms with E-state index in [4.69, 9.17) is 5.73 Å². The van der Waals surface area contributed by atoms with Crippen molar-refractivity contribution in [2.24, 2.45) is 5.73 Å². The minimum absolute atomic E-state index is 0.0432. The molecular weight excluding hydrogens is 238 g/mol. The van der Waals surface area contributed by atoms with Gasteiger partial charge in [-0.25, -0.2) is 4.79 Å². The Kier molecular flexibility index (Phi) is 4.43. The average Bonchev–Trinajstić information content (AvgIpc) is 3.20. The van der Waals surface area contributed by atoms with Crippen LogP contribution in [0, 0.1) is 11.8 Å². The van der Waals surface area contributed by atoms with Crippen LogP contribution < -0.4 is 16.4 Å². The smallest absolute Gasteiger partial charge is 0.315 e. The van der Waals surface area contributed by atoms with Crippen molar-refractivity contribution in [1.29, 1.82) is 0 Å². The van der Waals surface area contributed by atoms with E-state index < -0.39 is 0 Å². The van der Waals surface area contributed by atoms with E-state index in [1.54, 1.807) is 0 Å². The summed E-state index contributed by atoms with van der Waals surface area (Å²) in [6, 6.07) is 8.05. The Morgan fingerprint density at radius 1 is 1.53 bits per heavy atom. The largest absolute Gasteiger partial charge is 0.335 e. The first-order valence-electron chi connectivity index (χ1n) is 6.55. The minimum Gasteiger partial charge on any atom is -0.335 e. The molecule has 19 heavy (non-hydrogen) atoms. The highest BCUT2D eigenvalue weighted by molar-refractivity contribution is 5.75. The molecule has 0 bridgehead atoms. The molecule has 1 aromatic carbocycles. The Bertz CT molecular complexity index is 512. The van der Waals surface area contributed by atoms with Crippen LogP contribution in [-0.4, -0.2) is 18.6 Å². The maximum absolute atomic E-state index is 11.7. The van der Waals surface area contributed by atoms with Crippen molar-refractivity contribution < 1.29 is 4.79 Å². The molecular formula is C15H19N3O. The second-order valence-electron chi connectivity index (χ2n) is 4.75. The summed E-state index contributed by atoms with van der Waals surface area (Å²) in [4.78, 5) is 11.7. The summed E-state index contributed by atoms with van der Waals surface area (Å²) in [5.74, 6) is 5.82. The zero-order chi connectivity index (χ0) is 13.7. The summed E-state index contributed by atoms with van der Waals surface area (Å²) in [5.41, 5.74) is 7.31. The fourth-order valence-electron chi connectivity index (χ4n) is 1.77. The second kappa shape index (κ2) is 6.26. The van der Waals surface area contributed by atoms with Gasteiger partial charge >= 0.3 is 6.03 Å². The van der Waals surface area contributed by atoms with Gasteiger partial charge in [0.25, 0.3) is 0 Å². The SMILES string of the molecule is CC(NC(=O)NC1CC1)c1cccc(C#CCN)c1. The van der Waals surface area contributed by atoms with E-state index >= 15 is 0 Å². The fourth-order valence-corrected chi connectivity index (χ4v) is 1.77. The van der Waals surface area contributed by atoms with E-state index in [2.05, 4.69) is 22.5 Å². The first kappa shape index (κ1) is 13.4. The molecule has 100 valence electrons. The molecule has 2 amide bonds. The maximum atomic E-state index is 11.7. The lowest BCUT2D eigenvalue weighted by molar-refractivity contribution is 0.237.